The third-order valence-electron chi connectivity index (χ3n) is 3.38. The minimum Gasteiger partial charge on any atom is -0.454 e. The zero-order valence-electron chi connectivity index (χ0n) is 12.4. The van der Waals surface area contributed by atoms with E-state index in [0.29, 0.717) is 22.7 Å². The molecule has 0 unspecified atom stereocenters. The Morgan fingerprint density at radius 1 is 1.13 bits per heavy atom. The van der Waals surface area contributed by atoms with Crippen LogP contribution in [0.25, 0.3) is 0 Å². The average Bonchev–Trinajstić information content (AvgIpc) is 2.94. The van der Waals surface area contributed by atoms with E-state index >= 15 is 0 Å². The van der Waals surface area contributed by atoms with Crippen LogP contribution < -0.4 is 14.8 Å². The summed E-state index contributed by atoms with van der Waals surface area (Å²) in [7, 11) is -3.38. The van der Waals surface area contributed by atoms with Gasteiger partial charge in [0.05, 0.1) is 11.3 Å². The molecule has 3 rings (SSSR count). The van der Waals surface area contributed by atoms with Crippen molar-refractivity contribution in [2.24, 2.45) is 0 Å². The summed E-state index contributed by atoms with van der Waals surface area (Å²) in [6.07, 6.45) is 1.10. The number of benzene rings is 2. The molecule has 2 aromatic rings. The van der Waals surface area contributed by atoms with E-state index in [1.807, 2.05) is 0 Å². The molecule has 0 bridgehead atoms. The van der Waals surface area contributed by atoms with Gasteiger partial charge in [0.1, 0.15) is 0 Å². The predicted octanol–water partition coefficient (Wildman–Crippen LogP) is 2.00. The summed E-state index contributed by atoms with van der Waals surface area (Å²) in [5.41, 5.74) is 1.03. The largest absolute Gasteiger partial charge is 0.454 e. The molecule has 0 spiro atoms. The smallest absolute Gasteiger partial charge is 0.231 e. The molecule has 0 aliphatic carbocycles. The van der Waals surface area contributed by atoms with Gasteiger partial charge in [-0.05, 0) is 23.8 Å². The van der Waals surface area contributed by atoms with E-state index in [2.05, 4.69) is 5.32 Å². The van der Waals surface area contributed by atoms with Gasteiger partial charge >= 0.3 is 0 Å². The summed E-state index contributed by atoms with van der Waals surface area (Å²) < 4.78 is 34.0. The molecular weight excluding hydrogens is 318 g/mol. The molecule has 0 radical (unpaired) electrons. The van der Waals surface area contributed by atoms with E-state index in [0.717, 1.165) is 6.26 Å². The number of hydrogen-bond donors (Lipinski definition) is 1. The van der Waals surface area contributed by atoms with Crippen LogP contribution in [0, 0.1) is 0 Å². The second-order valence-electron chi connectivity index (χ2n) is 5.17. The molecule has 2 aromatic carbocycles. The van der Waals surface area contributed by atoms with Gasteiger partial charge in [0, 0.05) is 18.0 Å². The molecule has 120 valence electrons. The molecule has 7 heteroatoms. The van der Waals surface area contributed by atoms with E-state index in [1.54, 1.807) is 36.4 Å². The summed E-state index contributed by atoms with van der Waals surface area (Å²) in [6, 6.07) is 11.6. The Balaban J connectivity index is 1.76. The number of nitrogens with one attached hydrogen (secondary N) is 1. The van der Waals surface area contributed by atoms with Crippen LogP contribution >= 0.6 is 0 Å². The van der Waals surface area contributed by atoms with E-state index in [4.69, 9.17) is 9.47 Å². The number of carbonyl (C=O) groups excluding carboxylic acids is 1. The zero-order chi connectivity index (χ0) is 16.4. The molecule has 1 aliphatic rings. The fraction of sp³-hybridized carbons (Fsp3) is 0.188. The molecule has 1 N–H and O–H groups in total. The van der Waals surface area contributed by atoms with Crippen LogP contribution in [0.3, 0.4) is 0 Å². The zero-order valence-corrected chi connectivity index (χ0v) is 13.2. The van der Waals surface area contributed by atoms with Gasteiger partial charge in [-0.15, -0.1) is 0 Å². The number of ether oxygens (including phenoxy) is 2. The van der Waals surface area contributed by atoms with E-state index in [1.165, 1.54) is 6.07 Å². The lowest BCUT2D eigenvalue weighted by molar-refractivity contribution is -0.115. The number of amides is 1. The standard InChI is InChI=1S/C16H15NO5S/c1-23(19,20)15-5-3-2-4-11(15)8-16(18)17-12-6-7-13-14(9-12)22-10-21-13/h2-7,9H,8,10H2,1H3,(H,17,18). The first kappa shape index (κ1) is 15.4. The molecular formula is C16H15NO5S. The van der Waals surface area contributed by atoms with Crippen molar-refractivity contribution in [1.82, 2.24) is 0 Å². The summed E-state index contributed by atoms with van der Waals surface area (Å²) >= 11 is 0. The molecule has 0 fully saturated rings. The highest BCUT2D eigenvalue weighted by Gasteiger charge is 2.17. The van der Waals surface area contributed by atoms with Gasteiger partial charge in [0.25, 0.3) is 0 Å². The highest BCUT2D eigenvalue weighted by Crippen LogP contribution is 2.34. The maximum absolute atomic E-state index is 12.2. The third kappa shape index (κ3) is 3.45. The lowest BCUT2D eigenvalue weighted by Crippen LogP contribution is -2.16. The van der Waals surface area contributed by atoms with Crippen LogP contribution in [0.5, 0.6) is 11.5 Å². The highest BCUT2D eigenvalue weighted by molar-refractivity contribution is 7.90. The SMILES string of the molecule is CS(=O)(=O)c1ccccc1CC(=O)Nc1ccc2c(c1)OCO2. The van der Waals surface area contributed by atoms with Crippen LogP contribution in [-0.2, 0) is 21.1 Å². The molecule has 23 heavy (non-hydrogen) atoms. The minimum atomic E-state index is -3.38. The van der Waals surface area contributed by atoms with E-state index in [9.17, 15) is 13.2 Å². The number of anilines is 1. The van der Waals surface area contributed by atoms with Gasteiger partial charge in [-0.25, -0.2) is 8.42 Å². The molecule has 0 saturated carbocycles. The van der Waals surface area contributed by atoms with Gasteiger partial charge in [-0.1, -0.05) is 18.2 Å². The van der Waals surface area contributed by atoms with Gasteiger partial charge in [0.15, 0.2) is 21.3 Å². The first-order valence-electron chi connectivity index (χ1n) is 6.91. The number of fused-ring (bicyclic) bond motifs is 1. The fourth-order valence-electron chi connectivity index (χ4n) is 2.36. The second kappa shape index (κ2) is 5.92. The fourth-order valence-corrected chi connectivity index (χ4v) is 3.31. The molecule has 1 heterocycles. The molecule has 1 aliphatic heterocycles. The summed E-state index contributed by atoms with van der Waals surface area (Å²) in [6.45, 7) is 0.161. The monoisotopic (exact) mass is 333 g/mol. The predicted molar refractivity (Wildman–Crippen MR) is 84.5 cm³/mol. The van der Waals surface area contributed by atoms with Crippen molar-refractivity contribution in [3.63, 3.8) is 0 Å². The number of rotatable bonds is 4. The molecule has 0 atom stereocenters. The van der Waals surface area contributed by atoms with Gasteiger partial charge in [-0.2, -0.15) is 0 Å². The van der Waals surface area contributed by atoms with E-state index < -0.39 is 9.84 Å². The first-order valence-corrected chi connectivity index (χ1v) is 8.80. The van der Waals surface area contributed by atoms with Gasteiger partial charge in [-0.3, -0.25) is 4.79 Å². The number of carbonyl (C=O) groups is 1. The Morgan fingerprint density at radius 2 is 1.87 bits per heavy atom. The Kier molecular flexibility index (Phi) is 3.96. The molecule has 1 amide bonds. The lowest BCUT2D eigenvalue weighted by Gasteiger charge is -2.09. The van der Waals surface area contributed by atoms with Crippen LogP contribution in [0.4, 0.5) is 5.69 Å². The Labute approximate surface area is 134 Å². The van der Waals surface area contributed by atoms with Crippen molar-refractivity contribution in [2.45, 2.75) is 11.3 Å². The molecule has 0 saturated heterocycles. The normalized spacial score (nSPS) is 12.9. The Bertz CT molecular complexity index is 861. The van der Waals surface area contributed by atoms with Crippen molar-refractivity contribution in [1.29, 1.82) is 0 Å². The van der Waals surface area contributed by atoms with E-state index in [-0.39, 0.29) is 24.0 Å². The average molecular weight is 333 g/mol. The van der Waals surface area contributed by atoms with Gasteiger partial charge < -0.3 is 14.8 Å². The second-order valence-corrected chi connectivity index (χ2v) is 7.16. The first-order chi connectivity index (χ1) is 10.9. The summed E-state index contributed by atoms with van der Waals surface area (Å²) in [4.78, 5) is 12.4. The van der Waals surface area contributed by atoms with Crippen molar-refractivity contribution in [2.75, 3.05) is 18.4 Å². The summed E-state index contributed by atoms with van der Waals surface area (Å²) in [5.74, 6) is 0.893. The topological polar surface area (TPSA) is 81.7 Å². The van der Waals surface area contributed by atoms with Crippen LogP contribution in [0.15, 0.2) is 47.4 Å². The third-order valence-corrected chi connectivity index (χ3v) is 4.58. The van der Waals surface area contributed by atoms with Crippen LogP contribution in [0.2, 0.25) is 0 Å². The van der Waals surface area contributed by atoms with Crippen LogP contribution in [-0.4, -0.2) is 27.4 Å². The molecule has 0 aromatic heterocycles. The van der Waals surface area contributed by atoms with Crippen molar-refractivity contribution >= 4 is 21.4 Å². The Morgan fingerprint density at radius 3 is 2.65 bits per heavy atom. The maximum Gasteiger partial charge on any atom is 0.231 e. The molecule has 6 nitrogen and oxygen atoms in total. The number of sulfone groups is 1. The Hall–Kier alpha value is -2.54. The van der Waals surface area contributed by atoms with Crippen molar-refractivity contribution < 1.29 is 22.7 Å². The minimum absolute atomic E-state index is 0.0301. The lowest BCUT2D eigenvalue weighted by atomic mass is 10.1. The maximum atomic E-state index is 12.2. The van der Waals surface area contributed by atoms with Gasteiger partial charge in [0.2, 0.25) is 12.7 Å². The number of hydrogen-bond acceptors (Lipinski definition) is 5. The van der Waals surface area contributed by atoms with Crippen LogP contribution in [0.1, 0.15) is 5.56 Å². The highest BCUT2D eigenvalue weighted by atomic mass is 32.2. The summed E-state index contributed by atoms with van der Waals surface area (Å²) in [5, 5.41) is 2.73. The quantitative estimate of drug-likeness (QED) is 0.925. The van der Waals surface area contributed by atoms with Crippen molar-refractivity contribution in [3.8, 4) is 11.5 Å². The van der Waals surface area contributed by atoms with Crippen molar-refractivity contribution in [3.05, 3.63) is 48.0 Å².